The average Bonchev–Trinajstić information content (AvgIpc) is 2.80. The topological polar surface area (TPSA) is 118 Å². The van der Waals surface area contributed by atoms with Crippen LogP contribution in [0.4, 0.5) is 0 Å². The molecular weight excluding hydrogens is 452 g/mol. The fourth-order valence-electron chi connectivity index (χ4n) is 3.39. The number of ether oxygens (including phenoxy) is 2. The van der Waals surface area contributed by atoms with Crippen LogP contribution in [0.3, 0.4) is 0 Å². The molecule has 178 valence electrons. The van der Waals surface area contributed by atoms with E-state index < -0.39 is 11.7 Å². The molecule has 1 saturated heterocycles. The molecule has 0 atom stereocenters. The van der Waals surface area contributed by atoms with Crippen molar-refractivity contribution in [1.29, 1.82) is 0 Å². The zero-order valence-electron chi connectivity index (χ0n) is 18.2. The van der Waals surface area contributed by atoms with E-state index in [4.69, 9.17) is 25.9 Å². The Balaban J connectivity index is 1.86. The molecule has 0 unspecified atom stereocenters. The Morgan fingerprint density at radius 3 is 2.61 bits per heavy atom. The number of nitrogens with zero attached hydrogens (tertiary/aromatic N) is 2. The van der Waals surface area contributed by atoms with Gasteiger partial charge in [0.05, 0.1) is 30.6 Å². The number of fused-ring (bicyclic) bond motifs is 1. The summed E-state index contributed by atoms with van der Waals surface area (Å²) >= 11 is 6.28. The number of rotatable bonds is 3. The average molecular weight is 479 g/mol. The summed E-state index contributed by atoms with van der Waals surface area (Å²) in [4.78, 5) is 31.9. The zero-order valence-corrected chi connectivity index (χ0v) is 18.9. The van der Waals surface area contributed by atoms with Gasteiger partial charge in [0.2, 0.25) is 0 Å². The maximum atomic E-state index is 12.6. The summed E-state index contributed by atoms with van der Waals surface area (Å²) in [6.45, 7) is 1.83. The molecule has 33 heavy (non-hydrogen) atoms. The molecule has 2 heterocycles. The highest BCUT2D eigenvalue weighted by Gasteiger charge is 2.24. The highest BCUT2D eigenvalue weighted by Crippen LogP contribution is 2.37. The first-order chi connectivity index (χ1) is 16.0. The van der Waals surface area contributed by atoms with Crippen LogP contribution in [0, 0.1) is 0 Å². The number of halogens is 1. The smallest absolute Gasteiger partial charge is 0.342 e. The number of benzene rings is 1. The van der Waals surface area contributed by atoms with E-state index >= 15 is 0 Å². The van der Waals surface area contributed by atoms with Gasteiger partial charge in [0.1, 0.15) is 17.1 Å². The fourth-order valence-corrected chi connectivity index (χ4v) is 3.61. The molecule has 0 aliphatic carbocycles. The van der Waals surface area contributed by atoms with Crippen LogP contribution in [-0.2, 0) is 25.5 Å². The van der Waals surface area contributed by atoms with Crippen molar-refractivity contribution in [3.8, 4) is 11.5 Å². The van der Waals surface area contributed by atoms with Gasteiger partial charge in [-0.25, -0.2) is 4.79 Å². The standard InChI is InChI=1S/C23H27ClN2O7/c24-22-17-13-16(25-33-15-20(29)26-8-11-31-12-9-26)7-5-3-1-2-4-6-10-32-23(30)21(17)18(27)14-19(22)28/h2,4-5,7,14,27-28H,1,3,6,8-13,15H2/b4-2+,7-5+,25-16?. The van der Waals surface area contributed by atoms with Crippen molar-refractivity contribution in [2.75, 3.05) is 39.5 Å². The third kappa shape index (κ3) is 6.97. The first-order valence-corrected chi connectivity index (χ1v) is 11.1. The molecule has 0 spiro atoms. The van der Waals surface area contributed by atoms with Gasteiger partial charge < -0.3 is 29.4 Å². The van der Waals surface area contributed by atoms with Gasteiger partial charge in [0, 0.05) is 25.6 Å². The van der Waals surface area contributed by atoms with Crippen molar-refractivity contribution in [2.45, 2.75) is 25.7 Å². The number of morpholine rings is 1. The third-order valence-corrected chi connectivity index (χ3v) is 5.53. The summed E-state index contributed by atoms with van der Waals surface area (Å²) < 4.78 is 10.5. The number of cyclic esters (lactones) is 1. The number of phenols is 2. The van der Waals surface area contributed by atoms with E-state index in [9.17, 15) is 19.8 Å². The van der Waals surface area contributed by atoms with E-state index in [1.807, 2.05) is 18.2 Å². The molecule has 0 aromatic heterocycles. The molecule has 2 aliphatic heterocycles. The first-order valence-electron chi connectivity index (χ1n) is 10.7. The van der Waals surface area contributed by atoms with Crippen LogP contribution < -0.4 is 0 Å². The molecule has 1 aromatic carbocycles. The van der Waals surface area contributed by atoms with E-state index in [2.05, 4.69) is 5.16 Å². The minimum atomic E-state index is -0.762. The number of amides is 1. The number of hydrogen-bond donors (Lipinski definition) is 2. The van der Waals surface area contributed by atoms with E-state index in [1.54, 1.807) is 11.0 Å². The van der Waals surface area contributed by atoms with Gasteiger partial charge in [-0.2, -0.15) is 0 Å². The Kier molecular flexibility index (Phi) is 9.14. The Morgan fingerprint density at radius 1 is 1.09 bits per heavy atom. The van der Waals surface area contributed by atoms with Crippen LogP contribution in [0.5, 0.6) is 11.5 Å². The molecule has 1 aromatic rings. The lowest BCUT2D eigenvalue weighted by molar-refractivity contribution is -0.140. The van der Waals surface area contributed by atoms with Gasteiger partial charge in [-0.05, 0) is 30.9 Å². The highest BCUT2D eigenvalue weighted by molar-refractivity contribution is 6.33. The lowest BCUT2D eigenvalue weighted by Gasteiger charge is -2.26. The van der Waals surface area contributed by atoms with Gasteiger partial charge in [0.15, 0.2) is 6.61 Å². The number of esters is 1. The van der Waals surface area contributed by atoms with E-state index in [1.165, 1.54) is 0 Å². The van der Waals surface area contributed by atoms with Crippen LogP contribution in [0.15, 0.2) is 35.5 Å². The lowest BCUT2D eigenvalue weighted by atomic mass is 9.99. The number of hydrogen-bond acceptors (Lipinski definition) is 8. The normalized spacial score (nSPS) is 20.9. The maximum Gasteiger partial charge on any atom is 0.342 e. The SMILES string of the molecule is O=C1OCC/C=C/CC/C=C/C(=NOCC(=O)N2CCOCC2)Cc2c(Cl)c(O)cc(O)c21. The minimum absolute atomic E-state index is 0.0384. The van der Waals surface area contributed by atoms with Crippen molar-refractivity contribution in [3.05, 3.63) is 46.5 Å². The van der Waals surface area contributed by atoms with Crippen molar-refractivity contribution in [2.24, 2.45) is 5.16 Å². The molecule has 2 aliphatic rings. The summed E-state index contributed by atoms with van der Waals surface area (Å²) in [7, 11) is 0. The van der Waals surface area contributed by atoms with Crippen LogP contribution >= 0.6 is 11.6 Å². The second kappa shape index (κ2) is 12.3. The van der Waals surface area contributed by atoms with Crippen LogP contribution in [0.25, 0.3) is 0 Å². The predicted molar refractivity (Wildman–Crippen MR) is 122 cm³/mol. The summed E-state index contributed by atoms with van der Waals surface area (Å²) in [5, 5.41) is 24.4. The molecular formula is C23H27ClN2O7. The number of oxime groups is 1. The summed E-state index contributed by atoms with van der Waals surface area (Å²) in [5.74, 6) is -1.81. The van der Waals surface area contributed by atoms with Crippen molar-refractivity contribution < 1.29 is 34.1 Å². The minimum Gasteiger partial charge on any atom is -0.507 e. The van der Waals surface area contributed by atoms with E-state index in [0.29, 0.717) is 38.4 Å². The summed E-state index contributed by atoms with van der Waals surface area (Å²) in [6, 6.07) is 0.996. The quantitative estimate of drug-likeness (QED) is 0.389. The van der Waals surface area contributed by atoms with Gasteiger partial charge >= 0.3 is 5.97 Å². The monoisotopic (exact) mass is 478 g/mol. The molecule has 0 radical (unpaired) electrons. The van der Waals surface area contributed by atoms with Crippen molar-refractivity contribution in [1.82, 2.24) is 4.90 Å². The van der Waals surface area contributed by atoms with Crippen molar-refractivity contribution >= 4 is 29.2 Å². The molecule has 0 saturated carbocycles. The third-order valence-electron chi connectivity index (χ3n) is 5.11. The maximum absolute atomic E-state index is 12.6. The van der Waals surface area contributed by atoms with Crippen LogP contribution in [0.2, 0.25) is 5.02 Å². The second-order valence-corrected chi connectivity index (χ2v) is 7.86. The Labute approximate surface area is 196 Å². The molecule has 3 rings (SSSR count). The van der Waals surface area contributed by atoms with Crippen molar-refractivity contribution in [3.63, 3.8) is 0 Å². The Hall–Kier alpha value is -3.04. The molecule has 1 fully saturated rings. The molecule has 9 nitrogen and oxygen atoms in total. The first kappa shape index (κ1) is 24.6. The number of allylic oxidation sites excluding steroid dienone is 3. The zero-order chi connectivity index (χ0) is 23.6. The number of carbonyl (C=O) groups is 2. The predicted octanol–water partition coefficient (Wildman–Crippen LogP) is 2.98. The van der Waals surface area contributed by atoms with Gasteiger partial charge in [-0.3, -0.25) is 4.79 Å². The second-order valence-electron chi connectivity index (χ2n) is 7.48. The summed E-state index contributed by atoms with van der Waals surface area (Å²) in [5.41, 5.74) is 0.356. The van der Waals surface area contributed by atoms with Gasteiger partial charge in [0.25, 0.3) is 5.91 Å². The Morgan fingerprint density at radius 2 is 1.82 bits per heavy atom. The molecule has 2 N–H and O–H groups in total. The lowest BCUT2D eigenvalue weighted by Crippen LogP contribution is -2.42. The molecule has 1 amide bonds. The number of phenolic OH excluding ortho intramolecular Hbond substituents is 2. The van der Waals surface area contributed by atoms with E-state index in [-0.39, 0.29) is 47.4 Å². The van der Waals surface area contributed by atoms with E-state index in [0.717, 1.165) is 18.9 Å². The number of aromatic hydroxyl groups is 2. The molecule has 0 bridgehead atoms. The Bertz CT molecular complexity index is 953. The van der Waals surface area contributed by atoms with Crippen LogP contribution in [-0.4, -0.2) is 72.2 Å². The fraction of sp³-hybridized carbons (Fsp3) is 0.435. The highest BCUT2D eigenvalue weighted by atomic mass is 35.5. The molecule has 10 heteroatoms. The van der Waals surface area contributed by atoms with Gasteiger partial charge in [-0.1, -0.05) is 35.0 Å². The number of carbonyl (C=O) groups excluding carboxylic acids is 2. The summed E-state index contributed by atoms with van der Waals surface area (Å²) in [6.07, 6.45) is 9.49. The van der Waals surface area contributed by atoms with Gasteiger partial charge in [-0.15, -0.1) is 0 Å². The van der Waals surface area contributed by atoms with Crippen LogP contribution in [0.1, 0.15) is 35.2 Å². The largest absolute Gasteiger partial charge is 0.507 e.